The molecule has 2 aliphatic heterocycles. The molecule has 2 fully saturated rings. The van der Waals surface area contributed by atoms with E-state index in [1.807, 2.05) is 6.92 Å². The van der Waals surface area contributed by atoms with Gasteiger partial charge in [0.2, 0.25) is 0 Å². The molecule has 2 saturated heterocycles. The monoisotopic (exact) mass is 246 g/mol. The van der Waals surface area contributed by atoms with Gasteiger partial charge >= 0.3 is 5.97 Å². The molecular weight excluding hydrogens is 228 g/mol. The van der Waals surface area contributed by atoms with Gasteiger partial charge in [-0.3, -0.25) is 4.79 Å². The number of carbonyl (C=O) groups excluding carboxylic acids is 1. The Morgan fingerprint density at radius 3 is 2.71 bits per heavy atom. The van der Waals surface area contributed by atoms with E-state index in [-0.39, 0.29) is 43.5 Å². The highest BCUT2D eigenvalue weighted by atomic mass is 16.8. The average molecular weight is 246 g/mol. The molecule has 0 radical (unpaired) electrons. The smallest absolute Gasteiger partial charge is 0.302 e. The minimum Gasteiger partial charge on any atom is -0.463 e. The maximum atomic E-state index is 10.8. The number of ether oxygens (including phenoxy) is 5. The predicted molar refractivity (Wildman–Crippen MR) is 56.1 cm³/mol. The Hall–Kier alpha value is -0.690. The van der Waals surface area contributed by atoms with Crippen LogP contribution in [0.15, 0.2) is 0 Å². The molecule has 0 saturated carbocycles. The van der Waals surface area contributed by atoms with Crippen LogP contribution in [0.4, 0.5) is 0 Å². The van der Waals surface area contributed by atoms with E-state index in [2.05, 4.69) is 0 Å². The zero-order valence-corrected chi connectivity index (χ0v) is 10.3. The lowest BCUT2D eigenvalue weighted by atomic mass is 10.1. The second-order valence-electron chi connectivity index (χ2n) is 4.22. The van der Waals surface area contributed by atoms with E-state index >= 15 is 0 Å². The maximum Gasteiger partial charge on any atom is 0.302 e. The van der Waals surface area contributed by atoms with E-state index in [0.717, 1.165) is 0 Å². The van der Waals surface area contributed by atoms with Crippen molar-refractivity contribution in [2.45, 2.75) is 51.7 Å². The third kappa shape index (κ3) is 3.16. The fourth-order valence-corrected chi connectivity index (χ4v) is 2.05. The van der Waals surface area contributed by atoms with Crippen molar-refractivity contribution >= 4 is 5.97 Å². The molecule has 6 nitrogen and oxygen atoms in total. The highest BCUT2D eigenvalue weighted by molar-refractivity contribution is 5.65. The number of esters is 1. The summed E-state index contributed by atoms with van der Waals surface area (Å²) in [6.45, 7) is 5.63. The lowest BCUT2D eigenvalue weighted by Gasteiger charge is -2.44. The van der Waals surface area contributed by atoms with Crippen molar-refractivity contribution in [1.82, 2.24) is 0 Å². The summed E-state index contributed by atoms with van der Waals surface area (Å²) in [5, 5.41) is 0. The first kappa shape index (κ1) is 12.8. The number of fused-ring (bicyclic) bond motifs is 1. The van der Waals surface area contributed by atoms with Gasteiger partial charge in [-0.05, 0) is 13.8 Å². The second-order valence-corrected chi connectivity index (χ2v) is 4.22. The molecule has 2 rings (SSSR count). The molecule has 2 heterocycles. The molecule has 0 unspecified atom stereocenters. The number of rotatable bonds is 2. The van der Waals surface area contributed by atoms with Crippen LogP contribution in [0.5, 0.6) is 0 Å². The van der Waals surface area contributed by atoms with Crippen LogP contribution in [0.2, 0.25) is 0 Å². The fraction of sp³-hybridized carbons (Fsp3) is 0.909. The summed E-state index contributed by atoms with van der Waals surface area (Å²) in [4.78, 5) is 10.8. The summed E-state index contributed by atoms with van der Waals surface area (Å²) in [7, 11) is 0. The Morgan fingerprint density at radius 2 is 2.00 bits per heavy atom. The Morgan fingerprint density at radius 1 is 1.24 bits per heavy atom. The van der Waals surface area contributed by atoms with Gasteiger partial charge in [-0.1, -0.05) is 0 Å². The minimum atomic E-state index is -0.350. The lowest BCUT2D eigenvalue weighted by Crippen LogP contribution is -2.58. The summed E-state index contributed by atoms with van der Waals surface area (Å²) >= 11 is 0. The second kappa shape index (κ2) is 5.30. The molecule has 0 spiro atoms. The van der Waals surface area contributed by atoms with E-state index < -0.39 is 0 Å². The summed E-state index contributed by atoms with van der Waals surface area (Å²) in [5.74, 6) is -0.329. The molecule has 17 heavy (non-hydrogen) atoms. The van der Waals surface area contributed by atoms with Crippen molar-refractivity contribution in [3.05, 3.63) is 0 Å². The summed E-state index contributed by atoms with van der Waals surface area (Å²) in [5.41, 5.74) is 0. The normalized spacial score (nSPS) is 41.7. The van der Waals surface area contributed by atoms with E-state index in [1.54, 1.807) is 6.92 Å². The van der Waals surface area contributed by atoms with Gasteiger partial charge < -0.3 is 23.7 Å². The van der Waals surface area contributed by atoms with Gasteiger partial charge in [-0.2, -0.15) is 0 Å². The van der Waals surface area contributed by atoms with Gasteiger partial charge in [0, 0.05) is 6.92 Å². The topological polar surface area (TPSA) is 63.2 Å². The summed E-state index contributed by atoms with van der Waals surface area (Å²) in [6, 6.07) is 0. The van der Waals surface area contributed by atoms with Gasteiger partial charge in [0.15, 0.2) is 12.6 Å². The summed E-state index contributed by atoms with van der Waals surface area (Å²) < 4.78 is 27.1. The van der Waals surface area contributed by atoms with E-state index in [4.69, 9.17) is 23.7 Å². The van der Waals surface area contributed by atoms with Crippen LogP contribution in [0.25, 0.3) is 0 Å². The average Bonchev–Trinajstić information content (AvgIpc) is 2.26. The molecule has 0 amide bonds. The van der Waals surface area contributed by atoms with Crippen LogP contribution in [-0.4, -0.2) is 50.1 Å². The Labute approximate surface area is 100 Å². The highest BCUT2D eigenvalue weighted by Crippen LogP contribution is 2.27. The molecular formula is C11H18O6. The Bertz CT molecular complexity index is 281. The van der Waals surface area contributed by atoms with Crippen molar-refractivity contribution < 1.29 is 28.5 Å². The number of hydrogen-bond acceptors (Lipinski definition) is 6. The largest absolute Gasteiger partial charge is 0.463 e. The number of carbonyl (C=O) groups is 1. The number of hydrogen-bond donors (Lipinski definition) is 0. The van der Waals surface area contributed by atoms with Crippen molar-refractivity contribution in [2.75, 3.05) is 13.2 Å². The van der Waals surface area contributed by atoms with Crippen molar-refractivity contribution in [3.63, 3.8) is 0 Å². The van der Waals surface area contributed by atoms with Gasteiger partial charge in [0.05, 0.1) is 6.61 Å². The van der Waals surface area contributed by atoms with E-state index in [9.17, 15) is 4.79 Å². The molecule has 5 atom stereocenters. The zero-order chi connectivity index (χ0) is 12.4. The van der Waals surface area contributed by atoms with Crippen molar-refractivity contribution in [3.8, 4) is 0 Å². The SMILES string of the molecule is CC(=O)OC[C@H]1O[C@@H](C)O[C@H]2CO[C@@H](C)O[C@H]21. The standard InChI is InChI=1S/C11H18O6/c1-6(12)13-4-9-11-10(16-8(3)15-9)5-14-7(2)17-11/h7-11H,4-5H2,1-3H3/t7-,8-,9-,10+,11+/m1/s1. The highest BCUT2D eigenvalue weighted by Gasteiger charge is 2.43. The molecule has 0 bridgehead atoms. The zero-order valence-electron chi connectivity index (χ0n) is 10.3. The maximum absolute atomic E-state index is 10.8. The minimum absolute atomic E-state index is 0.171. The molecule has 0 aromatic heterocycles. The molecule has 6 heteroatoms. The van der Waals surface area contributed by atoms with Crippen LogP contribution in [0, 0.1) is 0 Å². The predicted octanol–water partition coefficient (Wildman–Crippen LogP) is 0.441. The fourth-order valence-electron chi connectivity index (χ4n) is 2.05. The first-order valence-electron chi connectivity index (χ1n) is 5.77. The van der Waals surface area contributed by atoms with Crippen molar-refractivity contribution in [1.29, 1.82) is 0 Å². The molecule has 0 N–H and O–H groups in total. The van der Waals surface area contributed by atoms with Gasteiger partial charge in [0.25, 0.3) is 0 Å². The molecule has 2 aliphatic rings. The van der Waals surface area contributed by atoms with E-state index in [1.165, 1.54) is 6.92 Å². The first-order chi connectivity index (χ1) is 8.06. The molecule has 0 aromatic carbocycles. The van der Waals surface area contributed by atoms with Gasteiger partial charge in [-0.25, -0.2) is 0 Å². The molecule has 0 aliphatic carbocycles. The van der Waals surface area contributed by atoms with Crippen LogP contribution >= 0.6 is 0 Å². The van der Waals surface area contributed by atoms with Gasteiger partial charge in [-0.15, -0.1) is 0 Å². The third-order valence-electron chi connectivity index (χ3n) is 2.76. The van der Waals surface area contributed by atoms with E-state index in [0.29, 0.717) is 6.61 Å². The summed E-state index contributed by atoms with van der Waals surface area (Å²) in [6.07, 6.45) is -1.38. The molecule has 0 aromatic rings. The van der Waals surface area contributed by atoms with Gasteiger partial charge in [0.1, 0.15) is 24.9 Å². The van der Waals surface area contributed by atoms with Crippen LogP contribution in [0.1, 0.15) is 20.8 Å². The Kier molecular flexibility index (Phi) is 3.98. The molecule has 98 valence electrons. The first-order valence-corrected chi connectivity index (χ1v) is 5.77. The van der Waals surface area contributed by atoms with Crippen molar-refractivity contribution in [2.24, 2.45) is 0 Å². The Balaban J connectivity index is 1.98. The van der Waals surface area contributed by atoms with Crippen LogP contribution < -0.4 is 0 Å². The quantitative estimate of drug-likeness (QED) is 0.659. The third-order valence-corrected chi connectivity index (χ3v) is 2.76. The van der Waals surface area contributed by atoms with Crippen LogP contribution in [0.3, 0.4) is 0 Å². The lowest BCUT2D eigenvalue weighted by molar-refractivity contribution is -0.353. The van der Waals surface area contributed by atoms with Crippen LogP contribution in [-0.2, 0) is 28.5 Å².